The number of aromatic nitrogens is 2. The highest BCUT2D eigenvalue weighted by atomic mass is 19.1. The molecule has 0 bridgehead atoms. The summed E-state index contributed by atoms with van der Waals surface area (Å²) >= 11 is 0. The van der Waals surface area contributed by atoms with E-state index in [4.69, 9.17) is 0 Å². The van der Waals surface area contributed by atoms with Gasteiger partial charge in [-0.25, -0.2) is 13.8 Å². The van der Waals surface area contributed by atoms with Gasteiger partial charge in [-0.2, -0.15) is 0 Å². The Morgan fingerprint density at radius 1 is 0.513 bits per heavy atom. The van der Waals surface area contributed by atoms with Crippen molar-refractivity contribution >= 4 is 21.5 Å². The Balaban J connectivity index is 1.59. The van der Waals surface area contributed by atoms with Gasteiger partial charge in [0, 0.05) is 29.6 Å². The number of para-hydroxylation sites is 1. The second-order valence-corrected chi connectivity index (χ2v) is 9.50. The van der Waals surface area contributed by atoms with E-state index < -0.39 is 11.6 Å². The molecule has 0 N–H and O–H groups in total. The monoisotopic (exact) mass is 508 g/mol. The minimum Gasteiger partial charge on any atom is -0.298 e. The number of nitrogens with zero attached hydrogens (tertiary/aromatic N) is 2. The third kappa shape index (κ3) is 3.89. The van der Waals surface area contributed by atoms with E-state index in [0.717, 1.165) is 55.6 Å². The van der Waals surface area contributed by atoms with Gasteiger partial charge < -0.3 is 0 Å². The summed E-state index contributed by atoms with van der Waals surface area (Å²) in [6.45, 7) is 0. The minimum absolute atomic E-state index is 0.234. The first-order valence-electron chi connectivity index (χ1n) is 12.8. The molecule has 39 heavy (non-hydrogen) atoms. The predicted molar refractivity (Wildman–Crippen MR) is 155 cm³/mol. The Labute approximate surface area is 224 Å². The van der Waals surface area contributed by atoms with Gasteiger partial charge in [-0.15, -0.1) is 0 Å². The summed E-state index contributed by atoms with van der Waals surface area (Å²) in [6, 6.07) is 39.0. The second kappa shape index (κ2) is 9.34. The van der Waals surface area contributed by atoms with E-state index in [1.165, 1.54) is 12.1 Å². The van der Waals surface area contributed by atoms with Gasteiger partial charge in [0.25, 0.3) is 0 Å². The fraction of sp³-hybridized carbons (Fsp3) is 0. The van der Waals surface area contributed by atoms with Crippen molar-refractivity contribution in [2.45, 2.75) is 0 Å². The number of imidazole rings is 1. The molecule has 186 valence electrons. The highest BCUT2D eigenvalue weighted by Gasteiger charge is 2.21. The molecular formula is C35H22F2N2. The zero-order chi connectivity index (χ0) is 26.3. The van der Waals surface area contributed by atoms with Crippen molar-refractivity contribution in [3.8, 4) is 39.3 Å². The first-order valence-corrected chi connectivity index (χ1v) is 12.8. The van der Waals surface area contributed by atoms with Crippen LogP contribution in [0.15, 0.2) is 134 Å². The lowest BCUT2D eigenvalue weighted by molar-refractivity contribution is 0.584. The molecule has 4 heteroatoms. The third-order valence-corrected chi connectivity index (χ3v) is 7.25. The highest BCUT2D eigenvalue weighted by molar-refractivity contribution is 6.04. The Hall–Kier alpha value is -5.09. The summed E-state index contributed by atoms with van der Waals surface area (Å²) in [5.74, 6) is -0.875. The first kappa shape index (κ1) is 23.1. The summed E-state index contributed by atoms with van der Waals surface area (Å²) in [7, 11) is 0. The van der Waals surface area contributed by atoms with Gasteiger partial charge in [-0.05, 0) is 44.8 Å². The number of rotatable bonds is 4. The van der Waals surface area contributed by atoms with E-state index in [1.807, 2.05) is 35.0 Å². The van der Waals surface area contributed by atoms with Crippen LogP contribution in [0, 0.1) is 11.6 Å². The molecule has 2 nitrogen and oxygen atoms in total. The van der Waals surface area contributed by atoms with Crippen LogP contribution in [0.2, 0.25) is 0 Å². The third-order valence-electron chi connectivity index (χ3n) is 7.25. The van der Waals surface area contributed by atoms with E-state index >= 15 is 4.39 Å². The number of halogens is 2. The summed E-state index contributed by atoms with van der Waals surface area (Å²) in [5.41, 5.74) is 5.20. The molecule has 0 aliphatic heterocycles. The van der Waals surface area contributed by atoms with Crippen LogP contribution in [0.3, 0.4) is 0 Å². The lowest BCUT2D eigenvalue weighted by Gasteiger charge is -2.20. The highest BCUT2D eigenvalue weighted by Crippen LogP contribution is 2.42. The van der Waals surface area contributed by atoms with E-state index in [0.29, 0.717) is 5.82 Å². The first-order chi connectivity index (χ1) is 19.2. The van der Waals surface area contributed by atoms with Crippen molar-refractivity contribution in [3.05, 3.63) is 145 Å². The largest absolute Gasteiger partial charge is 0.298 e. The molecule has 0 aliphatic rings. The fourth-order valence-corrected chi connectivity index (χ4v) is 5.51. The van der Waals surface area contributed by atoms with Crippen LogP contribution >= 0.6 is 0 Å². The Morgan fingerprint density at radius 3 is 1.67 bits per heavy atom. The fourth-order valence-electron chi connectivity index (χ4n) is 5.51. The van der Waals surface area contributed by atoms with E-state index in [-0.39, 0.29) is 5.56 Å². The molecule has 0 fully saturated rings. The van der Waals surface area contributed by atoms with Crippen LogP contribution < -0.4 is 0 Å². The zero-order valence-corrected chi connectivity index (χ0v) is 20.9. The predicted octanol–water partition coefficient (Wildman–Crippen LogP) is 9.46. The van der Waals surface area contributed by atoms with Crippen molar-refractivity contribution in [2.75, 3.05) is 0 Å². The van der Waals surface area contributed by atoms with Crippen molar-refractivity contribution in [2.24, 2.45) is 0 Å². The number of benzene rings is 6. The Bertz CT molecular complexity index is 1900. The molecule has 0 aliphatic carbocycles. The zero-order valence-electron chi connectivity index (χ0n) is 20.9. The minimum atomic E-state index is -0.656. The van der Waals surface area contributed by atoms with E-state index in [1.54, 1.807) is 6.20 Å². The maximum Gasteiger partial charge on any atom is 0.147 e. The molecule has 0 amide bonds. The number of fused-ring (bicyclic) bond motifs is 2. The summed E-state index contributed by atoms with van der Waals surface area (Å²) < 4.78 is 30.8. The number of hydrogen-bond acceptors (Lipinski definition) is 1. The maximum atomic E-state index is 15.1. The molecule has 6 aromatic carbocycles. The molecule has 1 aromatic heterocycles. The van der Waals surface area contributed by atoms with Crippen LogP contribution in [0.5, 0.6) is 0 Å². The topological polar surface area (TPSA) is 17.8 Å². The van der Waals surface area contributed by atoms with Gasteiger partial charge >= 0.3 is 0 Å². The molecule has 7 aromatic rings. The SMILES string of the molecule is Fc1ccc(-c2nccn2-c2c(-c3cccc4ccccc34)cccc2-c2cccc3ccccc23)c(F)c1. The lowest BCUT2D eigenvalue weighted by atomic mass is 9.90. The number of hydrogen-bond donors (Lipinski definition) is 0. The van der Waals surface area contributed by atoms with Crippen LogP contribution in [0.4, 0.5) is 8.78 Å². The summed E-state index contributed by atoms with van der Waals surface area (Å²) in [6.07, 6.45) is 3.50. The molecule has 7 rings (SSSR count). The smallest absolute Gasteiger partial charge is 0.147 e. The van der Waals surface area contributed by atoms with Gasteiger partial charge in [-0.3, -0.25) is 4.57 Å². The molecule has 0 spiro atoms. The average molecular weight is 509 g/mol. The normalized spacial score (nSPS) is 11.3. The standard InChI is InChI=1S/C35H22F2N2/c36-25-18-19-32(33(37)22-25)35-38-20-21-39(35)34-30(28-14-5-10-23-8-1-3-12-26(23)28)16-7-17-31(34)29-15-6-11-24-9-2-4-13-27(24)29/h1-22H. The second-order valence-electron chi connectivity index (χ2n) is 9.50. The lowest BCUT2D eigenvalue weighted by Crippen LogP contribution is -2.03. The van der Waals surface area contributed by atoms with Crippen LogP contribution in [-0.2, 0) is 0 Å². The molecule has 0 atom stereocenters. The van der Waals surface area contributed by atoms with E-state index in [9.17, 15) is 4.39 Å². The van der Waals surface area contributed by atoms with Crippen molar-refractivity contribution in [1.82, 2.24) is 9.55 Å². The van der Waals surface area contributed by atoms with Gasteiger partial charge in [0.2, 0.25) is 0 Å². The molecular weight excluding hydrogens is 486 g/mol. The molecule has 0 saturated heterocycles. The van der Waals surface area contributed by atoms with Crippen molar-refractivity contribution in [1.29, 1.82) is 0 Å². The van der Waals surface area contributed by atoms with Gasteiger partial charge in [0.05, 0.1) is 11.3 Å². The molecule has 1 heterocycles. The maximum absolute atomic E-state index is 15.1. The van der Waals surface area contributed by atoms with Crippen LogP contribution in [-0.4, -0.2) is 9.55 Å². The van der Waals surface area contributed by atoms with Gasteiger partial charge in [0.1, 0.15) is 17.5 Å². The van der Waals surface area contributed by atoms with E-state index in [2.05, 4.69) is 83.8 Å². The molecule has 0 saturated carbocycles. The quantitative estimate of drug-likeness (QED) is 0.232. The summed E-state index contributed by atoms with van der Waals surface area (Å²) in [5, 5.41) is 4.50. The molecule has 0 unspecified atom stereocenters. The van der Waals surface area contributed by atoms with Gasteiger partial charge in [0.15, 0.2) is 0 Å². The van der Waals surface area contributed by atoms with Crippen LogP contribution in [0.25, 0.3) is 60.9 Å². The van der Waals surface area contributed by atoms with Crippen molar-refractivity contribution in [3.63, 3.8) is 0 Å². The average Bonchev–Trinajstić information content (AvgIpc) is 3.45. The summed E-state index contributed by atoms with van der Waals surface area (Å²) in [4.78, 5) is 4.55. The Kier molecular flexibility index (Phi) is 5.52. The Morgan fingerprint density at radius 2 is 1.05 bits per heavy atom. The van der Waals surface area contributed by atoms with Crippen molar-refractivity contribution < 1.29 is 8.78 Å². The van der Waals surface area contributed by atoms with Gasteiger partial charge in [-0.1, -0.05) is 103 Å². The van der Waals surface area contributed by atoms with Crippen LogP contribution in [0.1, 0.15) is 0 Å². The molecule has 0 radical (unpaired) electrons.